The number of imidazole rings is 1. The minimum atomic E-state index is -0.747. The Labute approximate surface area is 114 Å². The molecule has 1 unspecified atom stereocenters. The van der Waals surface area contributed by atoms with Gasteiger partial charge in [0.15, 0.2) is 0 Å². The number of methoxy groups -OCH3 is 1. The van der Waals surface area contributed by atoms with E-state index in [0.29, 0.717) is 5.52 Å². The fraction of sp³-hybridized carbons (Fsp3) is 0.133. The lowest BCUT2D eigenvalue weighted by Crippen LogP contribution is -2.00. The largest absolute Gasteiger partial charge is 0.497 e. The number of aliphatic hydroxyl groups excluding tert-OH is 1. The van der Waals surface area contributed by atoms with Gasteiger partial charge in [0.25, 0.3) is 0 Å². The summed E-state index contributed by atoms with van der Waals surface area (Å²) in [4.78, 5) is 16.6. The summed E-state index contributed by atoms with van der Waals surface area (Å²) >= 11 is 0. The molecule has 0 amide bonds. The Hall–Kier alpha value is -2.53. The zero-order chi connectivity index (χ0) is 14.1. The summed E-state index contributed by atoms with van der Waals surface area (Å²) in [6.07, 6.45) is -0.747. The van der Waals surface area contributed by atoms with Crippen molar-refractivity contribution in [1.29, 1.82) is 0 Å². The third-order valence-electron chi connectivity index (χ3n) is 3.29. The van der Waals surface area contributed by atoms with Crippen LogP contribution in [0, 0.1) is 0 Å². The van der Waals surface area contributed by atoms with Crippen LogP contribution in [-0.4, -0.2) is 22.2 Å². The Morgan fingerprint density at radius 1 is 1.00 bits per heavy atom. The Morgan fingerprint density at radius 3 is 2.35 bits per heavy atom. The molecule has 0 bridgehead atoms. The van der Waals surface area contributed by atoms with Crippen molar-refractivity contribution >= 4 is 11.0 Å². The summed E-state index contributed by atoms with van der Waals surface area (Å²) in [5.74, 6) is 0.742. The molecule has 0 fully saturated rings. The Kier molecular flexibility index (Phi) is 3.04. The first-order chi connectivity index (χ1) is 9.67. The number of aromatic amines is 2. The summed E-state index contributed by atoms with van der Waals surface area (Å²) in [6, 6.07) is 12.6. The van der Waals surface area contributed by atoms with Crippen molar-refractivity contribution in [3.8, 4) is 5.75 Å². The minimum absolute atomic E-state index is 0.254. The van der Waals surface area contributed by atoms with E-state index in [0.717, 1.165) is 22.4 Å². The third kappa shape index (κ3) is 2.19. The van der Waals surface area contributed by atoms with E-state index < -0.39 is 6.10 Å². The number of H-pyrrole nitrogens is 2. The van der Waals surface area contributed by atoms with Crippen molar-refractivity contribution in [1.82, 2.24) is 9.97 Å². The van der Waals surface area contributed by atoms with Gasteiger partial charge in [-0.05, 0) is 35.4 Å². The summed E-state index contributed by atoms with van der Waals surface area (Å²) < 4.78 is 5.09. The predicted molar refractivity (Wildman–Crippen MR) is 76.0 cm³/mol. The number of aromatic nitrogens is 2. The SMILES string of the molecule is COc1ccc(C(O)c2ccc3[nH]c(=O)[nH]c3c2)cc1. The smallest absolute Gasteiger partial charge is 0.323 e. The summed E-state index contributed by atoms with van der Waals surface area (Å²) in [5, 5.41) is 10.4. The molecule has 3 N–H and O–H groups in total. The average Bonchev–Trinajstić information content (AvgIpc) is 2.85. The molecule has 0 saturated carbocycles. The van der Waals surface area contributed by atoms with Crippen LogP contribution in [0.5, 0.6) is 5.75 Å². The Balaban J connectivity index is 1.97. The molecule has 0 radical (unpaired) electrons. The van der Waals surface area contributed by atoms with Crippen LogP contribution < -0.4 is 10.4 Å². The highest BCUT2D eigenvalue weighted by molar-refractivity contribution is 5.75. The van der Waals surface area contributed by atoms with Crippen LogP contribution in [-0.2, 0) is 0 Å². The highest BCUT2D eigenvalue weighted by Crippen LogP contribution is 2.25. The van der Waals surface area contributed by atoms with E-state index in [4.69, 9.17) is 4.74 Å². The van der Waals surface area contributed by atoms with E-state index in [-0.39, 0.29) is 5.69 Å². The molecule has 1 aromatic heterocycles. The number of benzene rings is 2. The van der Waals surface area contributed by atoms with Gasteiger partial charge in [-0.1, -0.05) is 18.2 Å². The summed E-state index contributed by atoms with van der Waals surface area (Å²) in [5.41, 5.74) is 2.64. The van der Waals surface area contributed by atoms with Crippen LogP contribution in [0.1, 0.15) is 17.2 Å². The van der Waals surface area contributed by atoms with Crippen LogP contribution in [0.25, 0.3) is 11.0 Å². The van der Waals surface area contributed by atoms with E-state index in [1.54, 1.807) is 37.4 Å². The maximum atomic E-state index is 11.2. The molecule has 3 aromatic rings. The van der Waals surface area contributed by atoms with E-state index >= 15 is 0 Å². The fourth-order valence-corrected chi connectivity index (χ4v) is 2.20. The standard InChI is InChI=1S/C15H14N2O3/c1-20-11-5-2-9(3-6-11)14(18)10-4-7-12-13(8-10)17-15(19)16-12/h2-8,14,18H,1H3,(H2,16,17,19). The monoisotopic (exact) mass is 270 g/mol. The van der Waals surface area contributed by atoms with E-state index in [1.165, 1.54) is 0 Å². The first kappa shape index (κ1) is 12.5. The molecule has 5 nitrogen and oxygen atoms in total. The van der Waals surface area contributed by atoms with Gasteiger partial charge in [-0.15, -0.1) is 0 Å². The molecule has 1 atom stereocenters. The molecular weight excluding hydrogens is 256 g/mol. The number of nitrogens with one attached hydrogen (secondary N) is 2. The van der Waals surface area contributed by atoms with Gasteiger partial charge in [0, 0.05) is 0 Å². The number of aliphatic hydroxyl groups is 1. The zero-order valence-electron chi connectivity index (χ0n) is 10.9. The van der Waals surface area contributed by atoms with Crippen molar-refractivity contribution in [2.75, 3.05) is 7.11 Å². The van der Waals surface area contributed by atoms with Gasteiger partial charge in [0.2, 0.25) is 0 Å². The molecule has 5 heteroatoms. The number of rotatable bonds is 3. The molecule has 0 aliphatic heterocycles. The number of ether oxygens (including phenoxy) is 1. The molecule has 0 saturated heterocycles. The summed E-state index contributed by atoms with van der Waals surface area (Å²) in [6.45, 7) is 0. The summed E-state index contributed by atoms with van der Waals surface area (Å²) in [7, 11) is 1.60. The molecule has 3 rings (SSSR count). The maximum absolute atomic E-state index is 11.2. The van der Waals surface area contributed by atoms with Gasteiger partial charge in [0.05, 0.1) is 18.1 Å². The second kappa shape index (κ2) is 4.86. The first-order valence-corrected chi connectivity index (χ1v) is 6.21. The topological polar surface area (TPSA) is 78.1 Å². The molecular formula is C15H14N2O3. The van der Waals surface area contributed by atoms with E-state index in [1.807, 2.05) is 12.1 Å². The quantitative estimate of drug-likeness (QED) is 0.680. The predicted octanol–water partition coefficient (Wildman–Crippen LogP) is 1.95. The van der Waals surface area contributed by atoms with Crippen molar-refractivity contribution in [3.05, 3.63) is 64.1 Å². The second-order valence-corrected chi connectivity index (χ2v) is 4.56. The highest BCUT2D eigenvalue weighted by atomic mass is 16.5. The van der Waals surface area contributed by atoms with E-state index in [9.17, 15) is 9.90 Å². The fourth-order valence-electron chi connectivity index (χ4n) is 2.20. The molecule has 102 valence electrons. The number of fused-ring (bicyclic) bond motifs is 1. The number of hydrogen-bond acceptors (Lipinski definition) is 3. The van der Waals surface area contributed by atoms with Crippen LogP contribution in [0.15, 0.2) is 47.3 Å². The molecule has 0 aliphatic carbocycles. The molecule has 1 heterocycles. The third-order valence-corrected chi connectivity index (χ3v) is 3.29. The van der Waals surface area contributed by atoms with Crippen molar-refractivity contribution in [3.63, 3.8) is 0 Å². The zero-order valence-corrected chi connectivity index (χ0v) is 10.9. The lowest BCUT2D eigenvalue weighted by atomic mass is 10.0. The maximum Gasteiger partial charge on any atom is 0.323 e. The van der Waals surface area contributed by atoms with Crippen LogP contribution in [0.3, 0.4) is 0 Å². The van der Waals surface area contributed by atoms with Crippen molar-refractivity contribution in [2.45, 2.75) is 6.10 Å². The molecule has 0 spiro atoms. The van der Waals surface area contributed by atoms with Gasteiger partial charge in [-0.25, -0.2) is 4.79 Å². The molecule has 2 aromatic carbocycles. The van der Waals surface area contributed by atoms with Crippen molar-refractivity contribution in [2.24, 2.45) is 0 Å². The normalized spacial score (nSPS) is 12.5. The van der Waals surface area contributed by atoms with Gasteiger partial charge < -0.3 is 19.8 Å². The van der Waals surface area contributed by atoms with Gasteiger partial charge >= 0.3 is 5.69 Å². The highest BCUT2D eigenvalue weighted by Gasteiger charge is 2.11. The minimum Gasteiger partial charge on any atom is -0.497 e. The first-order valence-electron chi connectivity index (χ1n) is 6.21. The van der Waals surface area contributed by atoms with Crippen LogP contribution in [0.2, 0.25) is 0 Å². The molecule has 0 aliphatic rings. The van der Waals surface area contributed by atoms with Gasteiger partial charge in [-0.3, -0.25) is 0 Å². The van der Waals surface area contributed by atoms with Gasteiger partial charge in [-0.2, -0.15) is 0 Å². The van der Waals surface area contributed by atoms with Crippen LogP contribution in [0.4, 0.5) is 0 Å². The Morgan fingerprint density at radius 2 is 1.65 bits per heavy atom. The lowest BCUT2D eigenvalue weighted by molar-refractivity contribution is 0.220. The van der Waals surface area contributed by atoms with Crippen molar-refractivity contribution < 1.29 is 9.84 Å². The molecule has 20 heavy (non-hydrogen) atoms. The Bertz CT molecular complexity index is 787. The lowest BCUT2D eigenvalue weighted by Gasteiger charge is -2.12. The van der Waals surface area contributed by atoms with Gasteiger partial charge in [0.1, 0.15) is 11.9 Å². The second-order valence-electron chi connectivity index (χ2n) is 4.56. The van der Waals surface area contributed by atoms with Crippen LogP contribution >= 0.6 is 0 Å². The average molecular weight is 270 g/mol. The van der Waals surface area contributed by atoms with E-state index in [2.05, 4.69) is 9.97 Å². The number of hydrogen-bond donors (Lipinski definition) is 3.